The third kappa shape index (κ3) is 2.45. The van der Waals surface area contributed by atoms with Gasteiger partial charge in [-0.3, -0.25) is 0 Å². The van der Waals surface area contributed by atoms with Crippen molar-refractivity contribution in [2.75, 3.05) is 5.32 Å². The normalized spacial score (nSPS) is 10.2. The van der Waals surface area contributed by atoms with E-state index in [9.17, 15) is 0 Å². The minimum absolute atomic E-state index is 0.469. The van der Waals surface area contributed by atoms with Gasteiger partial charge in [0.1, 0.15) is 22.4 Å². The monoisotopic (exact) mass is 248 g/mol. The molecule has 0 spiro atoms. The van der Waals surface area contributed by atoms with E-state index in [2.05, 4.69) is 20.7 Å². The van der Waals surface area contributed by atoms with Crippen LogP contribution in [0, 0.1) is 18.3 Å². The minimum Gasteiger partial charge on any atom is -0.444 e. The summed E-state index contributed by atoms with van der Waals surface area (Å²) in [5, 5.41) is 12.8. The first-order valence-corrected chi connectivity index (χ1v) is 6.05. The Morgan fingerprint density at radius 3 is 3.06 bits per heavy atom. The molecule has 0 bridgehead atoms. The number of nitrogens with one attached hydrogen (secondary N) is 1. The van der Waals surface area contributed by atoms with Crippen LogP contribution >= 0.6 is 11.5 Å². The van der Waals surface area contributed by atoms with Gasteiger partial charge in [0.2, 0.25) is 5.89 Å². The molecule has 1 N–H and O–H groups in total. The molecule has 88 valence electrons. The third-order valence-corrected chi connectivity index (χ3v) is 3.22. The minimum atomic E-state index is 0.469. The number of aromatic nitrogens is 2. The third-order valence-electron chi connectivity index (χ3n) is 2.32. The summed E-state index contributed by atoms with van der Waals surface area (Å²) >= 11 is 1.28. The number of rotatable bonds is 4. The Kier molecular flexibility index (Phi) is 3.40. The molecule has 2 aromatic heterocycles. The van der Waals surface area contributed by atoms with Gasteiger partial charge in [0.15, 0.2) is 0 Å². The molecule has 0 saturated heterocycles. The summed E-state index contributed by atoms with van der Waals surface area (Å²) in [6.07, 6.45) is 2.55. The van der Waals surface area contributed by atoms with Gasteiger partial charge in [-0.25, -0.2) is 4.98 Å². The van der Waals surface area contributed by atoms with E-state index in [1.165, 1.54) is 11.5 Å². The quantitative estimate of drug-likeness (QED) is 0.899. The largest absolute Gasteiger partial charge is 0.444 e. The summed E-state index contributed by atoms with van der Waals surface area (Å²) in [7, 11) is 0. The van der Waals surface area contributed by atoms with Gasteiger partial charge in [0.25, 0.3) is 0 Å². The fourth-order valence-corrected chi connectivity index (χ4v) is 2.11. The summed E-state index contributed by atoms with van der Waals surface area (Å²) in [4.78, 5) is 4.14. The summed E-state index contributed by atoms with van der Waals surface area (Å²) in [5.74, 6) is 1.49. The molecule has 0 aliphatic carbocycles. The zero-order valence-corrected chi connectivity index (χ0v) is 10.5. The second-order valence-corrected chi connectivity index (χ2v) is 4.28. The first-order chi connectivity index (χ1) is 8.24. The van der Waals surface area contributed by atoms with Crippen LogP contribution in [-0.4, -0.2) is 9.36 Å². The molecule has 0 unspecified atom stereocenters. The van der Waals surface area contributed by atoms with Gasteiger partial charge >= 0.3 is 0 Å². The molecule has 2 aromatic rings. The van der Waals surface area contributed by atoms with Gasteiger partial charge < -0.3 is 9.73 Å². The predicted octanol–water partition coefficient (Wildman–Crippen LogP) is 2.49. The van der Waals surface area contributed by atoms with Crippen molar-refractivity contribution in [1.82, 2.24) is 9.36 Å². The van der Waals surface area contributed by atoms with E-state index >= 15 is 0 Å². The van der Waals surface area contributed by atoms with Gasteiger partial charge in [-0.2, -0.15) is 9.64 Å². The molecule has 6 heteroatoms. The van der Waals surface area contributed by atoms with E-state index in [-0.39, 0.29) is 0 Å². The summed E-state index contributed by atoms with van der Waals surface area (Å²) in [6, 6.07) is 2.13. The molecule has 5 nitrogen and oxygen atoms in total. The van der Waals surface area contributed by atoms with Crippen LogP contribution in [0.25, 0.3) is 0 Å². The van der Waals surface area contributed by atoms with Crippen LogP contribution in [0.15, 0.2) is 10.6 Å². The van der Waals surface area contributed by atoms with Crippen LogP contribution in [0.4, 0.5) is 5.00 Å². The van der Waals surface area contributed by atoms with Crippen LogP contribution in [0.5, 0.6) is 0 Å². The number of aryl methyl sites for hydroxylation is 2. The Morgan fingerprint density at radius 1 is 1.59 bits per heavy atom. The number of nitriles is 1. The van der Waals surface area contributed by atoms with Gasteiger partial charge in [0, 0.05) is 6.42 Å². The van der Waals surface area contributed by atoms with Crippen LogP contribution in [-0.2, 0) is 13.0 Å². The molecule has 0 radical (unpaired) electrons. The maximum absolute atomic E-state index is 8.97. The Balaban J connectivity index is 2.05. The van der Waals surface area contributed by atoms with Crippen molar-refractivity contribution >= 4 is 16.5 Å². The highest BCUT2D eigenvalue weighted by Crippen LogP contribution is 2.23. The van der Waals surface area contributed by atoms with Crippen molar-refractivity contribution in [2.24, 2.45) is 0 Å². The highest BCUT2D eigenvalue weighted by molar-refractivity contribution is 7.10. The topological polar surface area (TPSA) is 74.7 Å². The van der Waals surface area contributed by atoms with E-state index in [1.807, 2.05) is 13.8 Å². The first-order valence-electron chi connectivity index (χ1n) is 5.28. The predicted molar refractivity (Wildman–Crippen MR) is 64.8 cm³/mol. The number of oxazole rings is 1. The Bertz CT molecular complexity index is 552. The molecule has 0 atom stereocenters. The van der Waals surface area contributed by atoms with Crippen molar-refractivity contribution in [1.29, 1.82) is 5.26 Å². The van der Waals surface area contributed by atoms with Crippen LogP contribution < -0.4 is 5.32 Å². The standard InChI is InChI=1S/C11H12N4OS/c1-3-8-5-13-10(16-8)6-14-11-9(4-12)7(2)15-17-11/h5,14H,3,6H2,1-2H3. The Morgan fingerprint density at radius 2 is 2.41 bits per heavy atom. The van der Waals surface area contributed by atoms with Crippen LogP contribution in [0.3, 0.4) is 0 Å². The zero-order valence-electron chi connectivity index (χ0n) is 9.65. The van der Waals surface area contributed by atoms with E-state index in [1.54, 1.807) is 6.20 Å². The molecule has 0 aliphatic heterocycles. The molecule has 2 heterocycles. The lowest BCUT2D eigenvalue weighted by Gasteiger charge is -1.99. The molecule has 2 rings (SSSR count). The van der Waals surface area contributed by atoms with Gasteiger partial charge in [0.05, 0.1) is 18.4 Å². The first kappa shape index (κ1) is 11.6. The number of hydrogen-bond acceptors (Lipinski definition) is 6. The lowest BCUT2D eigenvalue weighted by atomic mass is 10.3. The van der Waals surface area contributed by atoms with E-state index in [4.69, 9.17) is 9.68 Å². The van der Waals surface area contributed by atoms with Gasteiger partial charge in [-0.05, 0) is 18.5 Å². The summed E-state index contributed by atoms with van der Waals surface area (Å²) in [5.41, 5.74) is 1.35. The van der Waals surface area contributed by atoms with E-state index in [0.29, 0.717) is 18.0 Å². The van der Waals surface area contributed by atoms with Crippen molar-refractivity contribution in [3.05, 3.63) is 29.1 Å². The van der Waals surface area contributed by atoms with E-state index < -0.39 is 0 Å². The average Bonchev–Trinajstić information content (AvgIpc) is 2.92. The molecule has 0 saturated carbocycles. The maximum Gasteiger partial charge on any atom is 0.213 e. The van der Waals surface area contributed by atoms with Crippen LogP contribution in [0.2, 0.25) is 0 Å². The van der Waals surface area contributed by atoms with Crippen molar-refractivity contribution in [2.45, 2.75) is 26.8 Å². The molecule has 0 fully saturated rings. The molecule has 17 heavy (non-hydrogen) atoms. The maximum atomic E-state index is 8.97. The molecular weight excluding hydrogens is 236 g/mol. The summed E-state index contributed by atoms with van der Waals surface area (Å²) < 4.78 is 9.59. The molecular formula is C11H12N4OS. The highest BCUT2D eigenvalue weighted by atomic mass is 32.1. The van der Waals surface area contributed by atoms with Gasteiger partial charge in [-0.15, -0.1) is 0 Å². The van der Waals surface area contributed by atoms with Crippen molar-refractivity contribution < 1.29 is 4.42 Å². The zero-order chi connectivity index (χ0) is 12.3. The Hall–Kier alpha value is -1.87. The lowest BCUT2D eigenvalue weighted by Crippen LogP contribution is -1.99. The van der Waals surface area contributed by atoms with Crippen molar-refractivity contribution in [3.63, 3.8) is 0 Å². The fraction of sp³-hybridized carbons (Fsp3) is 0.364. The van der Waals surface area contributed by atoms with Gasteiger partial charge in [-0.1, -0.05) is 6.92 Å². The van der Waals surface area contributed by atoms with E-state index in [0.717, 1.165) is 22.9 Å². The second kappa shape index (κ2) is 4.97. The molecule has 0 aromatic carbocycles. The smallest absolute Gasteiger partial charge is 0.213 e. The fourth-order valence-electron chi connectivity index (χ4n) is 1.37. The number of anilines is 1. The SMILES string of the molecule is CCc1cnc(CNc2snc(C)c2C#N)o1. The lowest BCUT2D eigenvalue weighted by molar-refractivity contribution is 0.466. The highest BCUT2D eigenvalue weighted by Gasteiger charge is 2.10. The molecule has 0 amide bonds. The molecule has 0 aliphatic rings. The number of hydrogen-bond donors (Lipinski definition) is 1. The number of nitrogens with zero attached hydrogens (tertiary/aromatic N) is 3. The summed E-state index contributed by atoms with van der Waals surface area (Å²) in [6.45, 7) is 4.30. The average molecular weight is 248 g/mol. The van der Waals surface area contributed by atoms with Crippen molar-refractivity contribution in [3.8, 4) is 6.07 Å². The Labute approximate surface area is 103 Å². The second-order valence-electron chi connectivity index (χ2n) is 3.51. The van der Waals surface area contributed by atoms with Crippen LogP contribution in [0.1, 0.15) is 29.8 Å².